The Morgan fingerprint density at radius 3 is 2.95 bits per heavy atom. The fourth-order valence-corrected chi connectivity index (χ4v) is 3.43. The molecule has 2 saturated heterocycles. The second-order valence-electron chi connectivity index (χ2n) is 5.63. The maximum absolute atomic E-state index is 13.2. The quantitative estimate of drug-likeness (QED) is 0.892. The molecule has 0 aromatic heterocycles. The van der Waals surface area contributed by atoms with Crippen LogP contribution in [0.3, 0.4) is 0 Å². The fourth-order valence-electron chi connectivity index (χ4n) is 3.43. The molecule has 0 radical (unpaired) electrons. The monoisotopic (exact) mass is 278 g/mol. The average Bonchev–Trinajstić information content (AvgIpc) is 2.84. The molecule has 1 aromatic carbocycles. The molecule has 0 aliphatic carbocycles. The van der Waals surface area contributed by atoms with Crippen molar-refractivity contribution in [3.63, 3.8) is 0 Å². The van der Waals surface area contributed by atoms with Crippen molar-refractivity contribution in [1.82, 2.24) is 4.90 Å². The largest absolute Gasteiger partial charge is 0.478 e. The number of benzene rings is 1. The lowest BCUT2D eigenvalue weighted by molar-refractivity contribution is 0.0697. The van der Waals surface area contributed by atoms with Crippen molar-refractivity contribution in [1.29, 1.82) is 0 Å². The van der Waals surface area contributed by atoms with E-state index in [1.165, 1.54) is 25.0 Å². The van der Waals surface area contributed by atoms with Crippen LogP contribution in [0.5, 0.6) is 0 Å². The van der Waals surface area contributed by atoms with Crippen molar-refractivity contribution in [3.8, 4) is 0 Å². The van der Waals surface area contributed by atoms with E-state index in [0.717, 1.165) is 32.0 Å². The van der Waals surface area contributed by atoms with Gasteiger partial charge in [-0.2, -0.15) is 0 Å². The summed E-state index contributed by atoms with van der Waals surface area (Å²) in [5.41, 5.74) is 0.538. The molecule has 2 aliphatic heterocycles. The summed E-state index contributed by atoms with van der Waals surface area (Å²) in [5.74, 6) is -1.61. The standard InChI is InChI=1S/C15H19FN2O2/c16-10-4-5-12(11(9-10)15(19)20)17-13-6-8-18-7-2-1-3-14(13)18/h4-5,9,13-14,17H,1-3,6-8H2,(H,19,20). The van der Waals surface area contributed by atoms with Crippen LogP contribution in [0.4, 0.5) is 10.1 Å². The highest BCUT2D eigenvalue weighted by Gasteiger charge is 2.35. The first kappa shape index (κ1) is 13.4. The third-order valence-electron chi connectivity index (χ3n) is 4.41. The van der Waals surface area contributed by atoms with Crippen molar-refractivity contribution in [2.24, 2.45) is 0 Å². The van der Waals surface area contributed by atoms with Gasteiger partial charge in [0.05, 0.1) is 5.56 Å². The van der Waals surface area contributed by atoms with Gasteiger partial charge in [0.25, 0.3) is 0 Å². The third-order valence-corrected chi connectivity index (χ3v) is 4.41. The lowest BCUT2D eigenvalue weighted by Gasteiger charge is -2.33. The van der Waals surface area contributed by atoms with E-state index in [4.69, 9.17) is 0 Å². The summed E-state index contributed by atoms with van der Waals surface area (Å²) in [6.45, 7) is 2.20. The summed E-state index contributed by atoms with van der Waals surface area (Å²) in [4.78, 5) is 13.7. The van der Waals surface area contributed by atoms with Crippen LogP contribution in [-0.4, -0.2) is 41.1 Å². The Hall–Kier alpha value is -1.62. The van der Waals surface area contributed by atoms with E-state index in [-0.39, 0.29) is 11.6 Å². The molecule has 5 heteroatoms. The molecular weight excluding hydrogens is 259 g/mol. The lowest BCUT2D eigenvalue weighted by atomic mass is 9.98. The number of nitrogens with zero attached hydrogens (tertiary/aromatic N) is 1. The summed E-state index contributed by atoms with van der Waals surface area (Å²) in [7, 11) is 0. The Morgan fingerprint density at radius 1 is 1.30 bits per heavy atom. The van der Waals surface area contributed by atoms with Crippen LogP contribution in [0.25, 0.3) is 0 Å². The Bertz CT molecular complexity index is 521. The van der Waals surface area contributed by atoms with E-state index in [0.29, 0.717) is 11.7 Å². The summed E-state index contributed by atoms with van der Waals surface area (Å²) >= 11 is 0. The zero-order chi connectivity index (χ0) is 14.1. The first-order valence-corrected chi connectivity index (χ1v) is 7.18. The van der Waals surface area contributed by atoms with Crippen molar-refractivity contribution in [2.75, 3.05) is 18.4 Å². The topological polar surface area (TPSA) is 52.6 Å². The summed E-state index contributed by atoms with van der Waals surface area (Å²) in [6.07, 6.45) is 4.65. The molecule has 2 aliphatic rings. The number of piperidine rings is 1. The Kier molecular flexibility index (Phi) is 3.61. The Labute approximate surface area is 117 Å². The van der Waals surface area contributed by atoms with Gasteiger partial charge in [0.15, 0.2) is 0 Å². The van der Waals surface area contributed by atoms with E-state index >= 15 is 0 Å². The number of aromatic carboxylic acids is 1. The molecule has 0 saturated carbocycles. The van der Waals surface area contributed by atoms with Gasteiger partial charge in [-0.15, -0.1) is 0 Å². The van der Waals surface area contributed by atoms with Gasteiger partial charge in [0, 0.05) is 24.3 Å². The van der Waals surface area contributed by atoms with Crippen LogP contribution < -0.4 is 5.32 Å². The second kappa shape index (κ2) is 5.40. The van der Waals surface area contributed by atoms with Crippen molar-refractivity contribution >= 4 is 11.7 Å². The van der Waals surface area contributed by atoms with Crippen molar-refractivity contribution < 1.29 is 14.3 Å². The molecule has 2 unspecified atom stereocenters. The summed E-state index contributed by atoms with van der Waals surface area (Å²) < 4.78 is 13.2. The van der Waals surface area contributed by atoms with Gasteiger partial charge in [-0.05, 0) is 44.0 Å². The van der Waals surface area contributed by atoms with Crippen LogP contribution in [0.1, 0.15) is 36.0 Å². The number of nitrogens with one attached hydrogen (secondary N) is 1. The molecule has 2 heterocycles. The van der Waals surface area contributed by atoms with Gasteiger partial charge in [-0.25, -0.2) is 9.18 Å². The zero-order valence-electron chi connectivity index (χ0n) is 11.3. The molecule has 20 heavy (non-hydrogen) atoms. The zero-order valence-corrected chi connectivity index (χ0v) is 11.3. The number of carboxylic acids is 1. The van der Waals surface area contributed by atoms with E-state index in [1.54, 1.807) is 0 Å². The van der Waals surface area contributed by atoms with Crippen molar-refractivity contribution in [3.05, 3.63) is 29.6 Å². The molecule has 0 bridgehead atoms. The molecule has 108 valence electrons. The van der Waals surface area contributed by atoms with Gasteiger partial charge < -0.3 is 10.4 Å². The number of rotatable bonds is 3. The molecule has 4 nitrogen and oxygen atoms in total. The van der Waals surface area contributed by atoms with Gasteiger partial charge in [-0.1, -0.05) is 6.42 Å². The third kappa shape index (κ3) is 2.50. The number of carboxylic acid groups (broad SMARTS) is 1. The first-order valence-electron chi connectivity index (χ1n) is 7.18. The molecule has 1 aromatic rings. The molecule has 2 atom stereocenters. The van der Waals surface area contributed by atoms with Crippen LogP contribution in [0.2, 0.25) is 0 Å². The summed E-state index contributed by atoms with van der Waals surface area (Å²) in [6, 6.07) is 4.67. The van der Waals surface area contributed by atoms with Crippen LogP contribution in [0.15, 0.2) is 18.2 Å². The number of fused-ring (bicyclic) bond motifs is 1. The van der Waals surface area contributed by atoms with Crippen molar-refractivity contribution in [2.45, 2.75) is 37.8 Å². The maximum atomic E-state index is 13.2. The van der Waals surface area contributed by atoms with Gasteiger partial charge in [0.2, 0.25) is 0 Å². The minimum absolute atomic E-state index is 0.0132. The Morgan fingerprint density at radius 2 is 2.15 bits per heavy atom. The predicted octanol–water partition coefficient (Wildman–Crippen LogP) is 2.56. The Balaban J connectivity index is 1.79. The van der Waals surface area contributed by atoms with Gasteiger partial charge in [-0.3, -0.25) is 4.90 Å². The highest BCUT2D eigenvalue weighted by Crippen LogP contribution is 2.30. The van der Waals surface area contributed by atoms with Crippen LogP contribution in [0, 0.1) is 5.82 Å². The number of hydrogen-bond donors (Lipinski definition) is 2. The molecule has 0 amide bonds. The SMILES string of the molecule is O=C(O)c1cc(F)ccc1NC1CCN2CCCCC12. The molecule has 2 fully saturated rings. The van der Waals surface area contributed by atoms with Crippen LogP contribution in [-0.2, 0) is 0 Å². The maximum Gasteiger partial charge on any atom is 0.337 e. The number of anilines is 1. The molecular formula is C15H19FN2O2. The van der Waals surface area contributed by atoms with E-state index in [1.807, 2.05) is 0 Å². The lowest BCUT2D eigenvalue weighted by Crippen LogP contribution is -2.41. The highest BCUT2D eigenvalue weighted by atomic mass is 19.1. The minimum Gasteiger partial charge on any atom is -0.478 e. The predicted molar refractivity (Wildman–Crippen MR) is 74.6 cm³/mol. The second-order valence-corrected chi connectivity index (χ2v) is 5.63. The minimum atomic E-state index is -1.09. The smallest absolute Gasteiger partial charge is 0.337 e. The number of halogens is 1. The van der Waals surface area contributed by atoms with Crippen LogP contribution >= 0.6 is 0 Å². The molecule has 0 spiro atoms. The average molecular weight is 278 g/mol. The van der Waals surface area contributed by atoms with E-state index in [2.05, 4.69) is 10.2 Å². The van der Waals surface area contributed by atoms with Gasteiger partial charge in [0.1, 0.15) is 5.82 Å². The molecule has 3 rings (SSSR count). The normalized spacial score (nSPS) is 26.2. The van der Waals surface area contributed by atoms with E-state index in [9.17, 15) is 14.3 Å². The molecule has 2 N–H and O–H groups in total. The fraction of sp³-hybridized carbons (Fsp3) is 0.533. The van der Waals surface area contributed by atoms with Gasteiger partial charge >= 0.3 is 5.97 Å². The number of hydrogen-bond acceptors (Lipinski definition) is 3. The number of carbonyl (C=O) groups is 1. The first-order chi connectivity index (χ1) is 9.65. The van der Waals surface area contributed by atoms with E-state index < -0.39 is 11.8 Å². The highest BCUT2D eigenvalue weighted by molar-refractivity contribution is 5.94. The summed E-state index contributed by atoms with van der Waals surface area (Å²) in [5, 5.41) is 12.5.